The summed E-state index contributed by atoms with van der Waals surface area (Å²) in [5.74, 6) is -3.55. The normalized spacial score (nSPS) is 11.4. The molecule has 4 N–H and O–H groups in total. The minimum absolute atomic E-state index is 0.0154. The van der Waals surface area contributed by atoms with Crippen LogP contribution in [0, 0.1) is 12.0 Å². The zero-order valence-electron chi connectivity index (χ0n) is 48.3. The van der Waals surface area contributed by atoms with Crippen molar-refractivity contribution in [2.45, 2.75) is 91.0 Å². The second-order valence-corrected chi connectivity index (χ2v) is 21.3. The number of carbonyl (C=O) groups excluding carboxylic acids is 6. The number of aliphatic hydroxyl groups is 1. The smallest absolute Gasteiger partial charge is 0.416 e. The van der Waals surface area contributed by atoms with E-state index in [-0.39, 0.29) is 77.0 Å². The lowest BCUT2D eigenvalue weighted by Crippen LogP contribution is -2.38. The Labute approximate surface area is 493 Å². The third-order valence-corrected chi connectivity index (χ3v) is 12.1. The minimum Gasteiger partial charge on any atom is -0.497 e. The topological polar surface area (TPSA) is 218 Å². The molecule has 4 amide bonds. The van der Waals surface area contributed by atoms with Crippen molar-refractivity contribution in [1.82, 2.24) is 9.80 Å². The molecule has 6 aromatic rings. The maximum Gasteiger partial charge on any atom is 0.416 e. The highest BCUT2D eigenvalue weighted by Crippen LogP contribution is 2.36. The molecule has 0 saturated heterocycles. The molecule has 0 radical (unpaired) electrons. The lowest BCUT2D eigenvalue weighted by molar-refractivity contribution is -0.156. The van der Waals surface area contributed by atoms with Gasteiger partial charge in [-0.1, -0.05) is 60.7 Å². The summed E-state index contributed by atoms with van der Waals surface area (Å²) in [6.07, 6.45) is -10.4. The molecule has 0 spiro atoms. The maximum absolute atomic E-state index is 13.5. The highest BCUT2D eigenvalue weighted by Gasteiger charge is 2.36. The molecule has 0 aliphatic rings. The van der Waals surface area contributed by atoms with Crippen LogP contribution in [-0.4, -0.2) is 101 Å². The number of amides is 4. The Morgan fingerprint density at radius 2 is 0.884 bits per heavy atom. The highest BCUT2D eigenvalue weighted by molar-refractivity contribution is 6.00. The molecular weight excluding hydrogens is 1130 g/mol. The van der Waals surface area contributed by atoms with E-state index >= 15 is 0 Å². The molecule has 0 saturated carbocycles. The summed E-state index contributed by atoms with van der Waals surface area (Å²) in [5.41, 5.74) is -0.622. The van der Waals surface area contributed by atoms with Gasteiger partial charge in [0.1, 0.15) is 35.8 Å². The number of ether oxygens (including phenoxy) is 4. The van der Waals surface area contributed by atoms with E-state index in [1.165, 1.54) is 96.8 Å². The zero-order valence-corrected chi connectivity index (χ0v) is 48.3. The Hall–Kier alpha value is -9.56. The first-order chi connectivity index (χ1) is 40.3. The van der Waals surface area contributed by atoms with Gasteiger partial charge in [0, 0.05) is 35.6 Å². The summed E-state index contributed by atoms with van der Waals surface area (Å²) >= 11 is 0. The van der Waals surface area contributed by atoms with Crippen molar-refractivity contribution in [2.75, 3.05) is 44.5 Å². The average Bonchev–Trinajstić information content (AvgIpc) is 1.77. The van der Waals surface area contributed by atoms with E-state index in [1.54, 1.807) is 90.1 Å². The number of hydrogen-bond donors (Lipinski definition) is 4. The van der Waals surface area contributed by atoms with Crippen LogP contribution in [0.1, 0.15) is 101 Å². The van der Waals surface area contributed by atoms with E-state index in [0.29, 0.717) is 22.4 Å². The lowest BCUT2D eigenvalue weighted by atomic mass is 10.0. The first kappa shape index (κ1) is 67.2. The van der Waals surface area contributed by atoms with Gasteiger partial charge in [0.15, 0.2) is 5.69 Å². The van der Waals surface area contributed by atoms with Gasteiger partial charge in [0.25, 0.3) is 11.8 Å². The Morgan fingerprint density at radius 1 is 0.535 bits per heavy atom. The number of aliphatic hydroxyl groups excluding tert-OH is 1. The predicted molar refractivity (Wildman–Crippen MR) is 308 cm³/mol. The van der Waals surface area contributed by atoms with E-state index in [1.807, 2.05) is 0 Å². The molecule has 0 heterocycles. The molecule has 6 rings (SSSR count). The molecule has 0 atom stereocenters. The van der Waals surface area contributed by atoms with Crippen LogP contribution in [-0.2, 0) is 66.9 Å². The van der Waals surface area contributed by atoms with Gasteiger partial charge in [-0.15, -0.1) is 0 Å². The number of anilines is 2. The summed E-state index contributed by atoms with van der Waals surface area (Å²) in [6.45, 7) is 16.4. The number of benzene rings is 6. The van der Waals surface area contributed by atoms with Crippen molar-refractivity contribution in [3.8, 4) is 11.5 Å². The molecule has 0 aliphatic heterocycles. The molecule has 0 bridgehead atoms. The van der Waals surface area contributed by atoms with Crippen molar-refractivity contribution in [2.24, 2.45) is 0 Å². The summed E-state index contributed by atoms with van der Waals surface area (Å²) in [7, 11) is 2.50. The molecular formula is C63H64F6N6O11. The maximum atomic E-state index is 13.5. The largest absolute Gasteiger partial charge is 0.497 e. The Kier molecular flexibility index (Phi) is 22.9. The highest BCUT2D eigenvalue weighted by atomic mass is 19.4. The van der Waals surface area contributed by atoms with Gasteiger partial charge in [-0.2, -0.15) is 26.3 Å². The fourth-order valence-corrected chi connectivity index (χ4v) is 8.19. The van der Waals surface area contributed by atoms with Gasteiger partial charge in [-0.05, 0) is 142 Å². The monoisotopic (exact) mass is 1190 g/mol. The molecule has 17 nitrogen and oxygen atoms in total. The number of halogens is 6. The predicted octanol–water partition coefficient (Wildman–Crippen LogP) is 11.7. The first-order valence-corrected chi connectivity index (χ1v) is 26.3. The molecule has 0 aliphatic carbocycles. The number of carbonyl (C=O) groups is 6. The molecule has 0 aromatic heterocycles. The van der Waals surface area contributed by atoms with Crippen molar-refractivity contribution in [3.05, 3.63) is 195 Å². The van der Waals surface area contributed by atoms with Gasteiger partial charge in [0.2, 0.25) is 11.8 Å². The number of esters is 2. The second kappa shape index (κ2) is 29.3. The number of nitrogens with zero attached hydrogens (tertiary/aromatic N) is 3. The Bertz CT molecular complexity index is 3420. The van der Waals surface area contributed by atoms with Crippen molar-refractivity contribution in [1.29, 1.82) is 5.41 Å². The van der Waals surface area contributed by atoms with Crippen LogP contribution < -0.4 is 20.1 Å². The van der Waals surface area contributed by atoms with Gasteiger partial charge in [-0.3, -0.25) is 28.8 Å². The summed E-state index contributed by atoms with van der Waals surface area (Å²) in [6, 6.07) is 31.5. The molecule has 23 heteroatoms. The van der Waals surface area contributed by atoms with Crippen LogP contribution in [0.5, 0.6) is 11.5 Å². The van der Waals surface area contributed by atoms with Gasteiger partial charge in [-0.25, -0.2) is 4.85 Å². The molecule has 0 fully saturated rings. The quantitative estimate of drug-likeness (QED) is 0.0244. The number of methoxy groups -OCH3 is 2. The first-order valence-electron chi connectivity index (χ1n) is 26.3. The van der Waals surface area contributed by atoms with E-state index in [9.17, 15) is 60.2 Å². The van der Waals surface area contributed by atoms with E-state index < -0.39 is 89.7 Å². The molecule has 454 valence electrons. The average molecular weight is 1200 g/mol. The van der Waals surface area contributed by atoms with Crippen LogP contribution in [0.3, 0.4) is 0 Å². The zero-order chi connectivity index (χ0) is 63.7. The van der Waals surface area contributed by atoms with Crippen LogP contribution in [0.15, 0.2) is 133 Å². The van der Waals surface area contributed by atoms with Gasteiger partial charge in [0.05, 0.1) is 57.1 Å². The van der Waals surface area contributed by atoms with Crippen LogP contribution in [0.25, 0.3) is 4.85 Å². The second-order valence-electron chi connectivity index (χ2n) is 21.3. The fourth-order valence-electron chi connectivity index (χ4n) is 8.19. The molecule has 6 aromatic carbocycles. The van der Waals surface area contributed by atoms with Crippen molar-refractivity contribution in [3.63, 3.8) is 0 Å². The lowest BCUT2D eigenvalue weighted by Gasteiger charge is -2.25. The Balaban J connectivity index is 0.000000314. The number of hydrogen-bond acceptors (Lipinski definition) is 12. The third kappa shape index (κ3) is 20.9. The van der Waals surface area contributed by atoms with Crippen LogP contribution >= 0.6 is 0 Å². The summed E-state index contributed by atoms with van der Waals surface area (Å²) in [4.78, 5) is 83.2. The van der Waals surface area contributed by atoms with E-state index in [4.69, 9.17) is 30.9 Å². The number of alkyl halides is 6. The fraction of sp³-hybridized carbons (Fsp3) is 0.302. The van der Waals surface area contributed by atoms with Crippen molar-refractivity contribution < 1.29 is 79.2 Å². The van der Waals surface area contributed by atoms with Gasteiger partial charge < -0.3 is 49.9 Å². The van der Waals surface area contributed by atoms with Crippen LogP contribution in [0.4, 0.5) is 43.4 Å². The van der Waals surface area contributed by atoms with E-state index in [2.05, 4.69) is 15.5 Å². The van der Waals surface area contributed by atoms with E-state index in [0.717, 1.165) is 12.1 Å². The Morgan fingerprint density at radius 3 is 1.20 bits per heavy atom. The van der Waals surface area contributed by atoms with Gasteiger partial charge >= 0.3 is 24.3 Å². The number of rotatable bonds is 20. The molecule has 0 unspecified atom stereocenters. The summed E-state index contributed by atoms with van der Waals surface area (Å²) < 4.78 is 102. The number of nitrogens with one attached hydrogen (secondary N) is 3. The summed E-state index contributed by atoms with van der Waals surface area (Å²) in [5, 5.41) is 22.0. The SMILES string of the molecule is COc1ccc(CC(=O)Nc2ccc(C(=O)N(CC(=O)OC(C)(C)C)Cc3ccc(C(=N)CO)cc3)cc2)c(C(F)(F)F)c1.[C-]#[N+]c1ccc(CN(CC(=O)OC(C)(C)C)C(=O)c2ccc(NC(=O)Cc3ccc(OC)cc3C(F)(F)F)cc2)cc1. The minimum atomic E-state index is -4.68. The van der Waals surface area contributed by atoms with Crippen molar-refractivity contribution >= 4 is 58.3 Å². The standard InChI is InChI=1S/C32H34F3N3O6.C31H30F3N3O5/c1-31(2,3)44-29(41)18-38(17-20-5-7-21(8-6-20)27(36)19-39)30(42)22-9-12-24(13-10-22)37-28(40)15-23-11-14-25(43-4)16-26(23)32(33,34)35;1-30(2,3)42-28(39)19-37(18-20-6-11-23(35-4)12-7-20)29(40)21-8-13-24(14-9-21)36-27(38)16-22-10-15-25(41-5)17-26(22)31(32,33)34/h5-14,16,36,39H,15,17-19H2,1-4H3,(H,37,40);6-15,17H,16,18-19H2,1-3,5H3,(H,36,38). The third-order valence-electron chi connectivity index (χ3n) is 12.1. The molecule has 86 heavy (non-hydrogen) atoms. The van der Waals surface area contributed by atoms with Crippen LogP contribution in [0.2, 0.25) is 0 Å².